The van der Waals surface area contributed by atoms with Crippen molar-refractivity contribution >= 4 is 16.8 Å². The van der Waals surface area contributed by atoms with E-state index in [9.17, 15) is 9.18 Å². The summed E-state index contributed by atoms with van der Waals surface area (Å²) in [6, 6.07) is 17.2. The van der Waals surface area contributed by atoms with Crippen LogP contribution in [0.5, 0.6) is 0 Å². The molecule has 0 radical (unpaired) electrons. The summed E-state index contributed by atoms with van der Waals surface area (Å²) in [5.74, 6) is -0.151. The number of carbonyl (C=O) groups is 1. The molecule has 0 spiro atoms. The molecule has 37 heavy (non-hydrogen) atoms. The number of carbonyl (C=O) groups excluding carboxylic acids is 1. The van der Waals surface area contributed by atoms with Gasteiger partial charge >= 0.3 is 0 Å². The molecule has 5 nitrogen and oxygen atoms in total. The second-order valence-electron chi connectivity index (χ2n) is 10.2. The van der Waals surface area contributed by atoms with E-state index < -0.39 is 5.82 Å². The molecule has 0 N–H and O–H groups in total. The minimum Gasteiger partial charge on any atom is -0.336 e. The predicted octanol–water partition coefficient (Wildman–Crippen LogP) is 6.41. The summed E-state index contributed by atoms with van der Waals surface area (Å²) in [6.45, 7) is 9.54. The highest BCUT2D eigenvalue weighted by atomic mass is 19.1. The lowest BCUT2D eigenvalue weighted by Crippen LogP contribution is -2.37. The van der Waals surface area contributed by atoms with Gasteiger partial charge in [0.05, 0.1) is 23.0 Å². The van der Waals surface area contributed by atoms with Gasteiger partial charge in [0.1, 0.15) is 5.82 Å². The topological polar surface area (TPSA) is 41.4 Å². The van der Waals surface area contributed by atoms with E-state index in [1.807, 2.05) is 37.7 Å². The summed E-state index contributed by atoms with van der Waals surface area (Å²) >= 11 is 0. The molecule has 1 aliphatic heterocycles. The average molecular weight is 499 g/mol. The van der Waals surface area contributed by atoms with E-state index in [0.29, 0.717) is 23.7 Å². The van der Waals surface area contributed by atoms with Crippen molar-refractivity contribution in [2.24, 2.45) is 0 Å². The van der Waals surface area contributed by atoms with Crippen LogP contribution in [0.15, 0.2) is 73.2 Å². The van der Waals surface area contributed by atoms with E-state index in [-0.39, 0.29) is 11.9 Å². The summed E-state index contributed by atoms with van der Waals surface area (Å²) in [5, 5.41) is 1.15. The number of benzene rings is 2. The van der Waals surface area contributed by atoms with Gasteiger partial charge in [0.25, 0.3) is 5.91 Å². The molecule has 0 unspecified atom stereocenters. The van der Waals surface area contributed by atoms with Crippen molar-refractivity contribution in [2.75, 3.05) is 19.6 Å². The Morgan fingerprint density at radius 2 is 1.86 bits per heavy atom. The molecule has 0 aliphatic carbocycles. The van der Waals surface area contributed by atoms with Crippen LogP contribution in [-0.4, -0.2) is 50.9 Å². The van der Waals surface area contributed by atoms with E-state index >= 15 is 0 Å². The van der Waals surface area contributed by atoms with Crippen LogP contribution in [-0.2, 0) is 6.54 Å². The zero-order valence-electron chi connectivity index (χ0n) is 21.9. The Morgan fingerprint density at radius 1 is 1.11 bits per heavy atom. The highest BCUT2D eigenvalue weighted by molar-refractivity contribution is 5.99. The van der Waals surface area contributed by atoms with Gasteiger partial charge in [-0.05, 0) is 88.0 Å². The molecule has 1 saturated heterocycles. The standard InChI is InChI=1S/C31H35FN4O/c1-4-35(22(2)3)31(37)27-18-25(32)10-11-29(27)36-21-28(26-12-15-33-19-30(26)36)24-13-16-34(17-14-24)20-23-8-6-5-7-9-23/h5-12,15,18-19,21-22,24H,4,13-14,16-17,20H2,1-3H3. The van der Waals surface area contributed by atoms with Gasteiger partial charge in [-0.25, -0.2) is 4.39 Å². The van der Waals surface area contributed by atoms with E-state index in [2.05, 4.69) is 52.5 Å². The van der Waals surface area contributed by atoms with Crippen molar-refractivity contribution in [1.29, 1.82) is 0 Å². The molecule has 2 aromatic heterocycles. The van der Waals surface area contributed by atoms with Crippen molar-refractivity contribution in [1.82, 2.24) is 19.4 Å². The van der Waals surface area contributed by atoms with Gasteiger partial charge in [-0.3, -0.25) is 14.7 Å². The highest BCUT2D eigenvalue weighted by Crippen LogP contribution is 2.36. The summed E-state index contributed by atoms with van der Waals surface area (Å²) in [6.07, 6.45) is 7.97. The number of hydrogen-bond acceptors (Lipinski definition) is 3. The molecule has 1 amide bonds. The normalized spacial score (nSPS) is 14.9. The summed E-state index contributed by atoms with van der Waals surface area (Å²) in [5.41, 5.74) is 4.63. The third-order valence-corrected chi connectivity index (χ3v) is 7.59. The fourth-order valence-corrected chi connectivity index (χ4v) is 5.66. The van der Waals surface area contributed by atoms with Crippen molar-refractivity contribution in [3.63, 3.8) is 0 Å². The Hall–Kier alpha value is -3.51. The van der Waals surface area contributed by atoms with Crippen LogP contribution >= 0.6 is 0 Å². The quantitative estimate of drug-likeness (QED) is 0.295. The molecular weight excluding hydrogens is 463 g/mol. The van der Waals surface area contributed by atoms with E-state index in [1.54, 1.807) is 11.0 Å². The minimum absolute atomic E-state index is 0.0216. The van der Waals surface area contributed by atoms with Crippen molar-refractivity contribution in [2.45, 2.75) is 52.1 Å². The van der Waals surface area contributed by atoms with Crippen LogP contribution in [0.1, 0.15) is 61.0 Å². The Morgan fingerprint density at radius 3 is 2.57 bits per heavy atom. The number of fused-ring (bicyclic) bond motifs is 1. The number of likely N-dealkylation sites (tertiary alicyclic amines) is 1. The molecule has 0 atom stereocenters. The maximum atomic E-state index is 14.4. The van der Waals surface area contributed by atoms with Gasteiger partial charge in [-0.15, -0.1) is 0 Å². The number of hydrogen-bond donors (Lipinski definition) is 0. The molecule has 6 heteroatoms. The number of piperidine rings is 1. The zero-order valence-corrected chi connectivity index (χ0v) is 21.9. The number of pyridine rings is 1. The first kappa shape index (κ1) is 25.2. The van der Waals surface area contributed by atoms with Crippen LogP contribution in [0.3, 0.4) is 0 Å². The summed E-state index contributed by atoms with van der Waals surface area (Å²) in [7, 11) is 0. The molecule has 1 aliphatic rings. The Bertz CT molecular complexity index is 1370. The maximum Gasteiger partial charge on any atom is 0.256 e. The second-order valence-corrected chi connectivity index (χ2v) is 10.2. The van der Waals surface area contributed by atoms with Gasteiger partial charge in [-0.1, -0.05) is 30.3 Å². The van der Waals surface area contributed by atoms with Crippen LogP contribution in [0.2, 0.25) is 0 Å². The largest absolute Gasteiger partial charge is 0.336 e. The highest BCUT2D eigenvalue weighted by Gasteiger charge is 2.26. The number of rotatable bonds is 7. The Labute approximate surface area is 218 Å². The maximum absolute atomic E-state index is 14.4. The first-order chi connectivity index (χ1) is 18.0. The third-order valence-electron chi connectivity index (χ3n) is 7.59. The van der Waals surface area contributed by atoms with Gasteiger partial charge in [0.15, 0.2) is 0 Å². The molecule has 5 rings (SSSR count). The molecule has 0 bridgehead atoms. The number of aromatic nitrogens is 2. The van der Waals surface area contributed by atoms with Crippen LogP contribution in [0.25, 0.3) is 16.6 Å². The van der Waals surface area contributed by atoms with Crippen molar-refractivity contribution in [3.8, 4) is 5.69 Å². The number of amides is 1. The lowest BCUT2D eigenvalue weighted by atomic mass is 9.89. The molecule has 0 saturated carbocycles. The minimum atomic E-state index is -0.410. The van der Waals surface area contributed by atoms with E-state index in [0.717, 1.165) is 43.4 Å². The Kier molecular flexibility index (Phi) is 7.38. The monoisotopic (exact) mass is 498 g/mol. The first-order valence-electron chi connectivity index (χ1n) is 13.3. The van der Waals surface area contributed by atoms with Gasteiger partial charge < -0.3 is 9.47 Å². The molecular formula is C31H35FN4O. The van der Waals surface area contributed by atoms with Crippen molar-refractivity contribution < 1.29 is 9.18 Å². The number of halogens is 1. The molecule has 192 valence electrons. The van der Waals surface area contributed by atoms with Crippen LogP contribution in [0.4, 0.5) is 4.39 Å². The Balaban J connectivity index is 1.47. The van der Waals surface area contributed by atoms with Gasteiger partial charge in [0, 0.05) is 36.9 Å². The lowest BCUT2D eigenvalue weighted by Gasteiger charge is -2.32. The van der Waals surface area contributed by atoms with Crippen LogP contribution in [0, 0.1) is 5.82 Å². The lowest BCUT2D eigenvalue weighted by molar-refractivity contribution is 0.0716. The molecule has 4 aromatic rings. The SMILES string of the molecule is CCN(C(=O)c1cc(F)ccc1-n1cc(C2CCN(Cc3ccccc3)CC2)c2ccncc21)C(C)C. The summed E-state index contributed by atoms with van der Waals surface area (Å²) in [4.78, 5) is 22.2. The van der Waals surface area contributed by atoms with Gasteiger partial charge in [-0.2, -0.15) is 0 Å². The molecule has 1 fully saturated rings. The van der Waals surface area contributed by atoms with Crippen LogP contribution < -0.4 is 0 Å². The van der Waals surface area contributed by atoms with Crippen molar-refractivity contribution in [3.05, 3.63) is 95.7 Å². The van der Waals surface area contributed by atoms with E-state index in [1.165, 1.54) is 23.3 Å². The summed E-state index contributed by atoms with van der Waals surface area (Å²) < 4.78 is 16.4. The smallest absolute Gasteiger partial charge is 0.256 e. The fraction of sp³-hybridized carbons (Fsp3) is 0.355. The third kappa shape index (κ3) is 5.16. The molecule has 2 aromatic carbocycles. The zero-order chi connectivity index (χ0) is 25.9. The fourth-order valence-electron chi connectivity index (χ4n) is 5.66. The van der Waals surface area contributed by atoms with Gasteiger partial charge in [0.2, 0.25) is 0 Å². The number of nitrogens with zero attached hydrogens (tertiary/aromatic N) is 4. The molecule has 3 heterocycles. The van der Waals surface area contributed by atoms with E-state index in [4.69, 9.17) is 0 Å². The predicted molar refractivity (Wildman–Crippen MR) is 147 cm³/mol. The average Bonchev–Trinajstić information content (AvgIpc) is 3.29. The second kappa shape index (κ2) is 10.9. The first-order valence-corrected chi connectivity index (χ1v) is 13.3.